The maximum atomic E-state index is 12.7. The van der Waals surface area contributed by atoms with Crippen molar-refractivity contribution in [2.24, 2.45) is 0 Å². The molecule has 0 bridgehead atoms. The number of esters is 2. The molecule has 0 fully saturated rings. The Labute approximate surface area is 313 Å². The van der Waals surface area contributed by atoms with Crippen LogP contribution in [-0.4, -0.2) is 75.5 Å². The number of carbonyl (C=O) groups is 3. The third-order valence-electron chi connectivity index (χ3n) is 9.03. The van der Waals surface area contributed by atoms with Crippen molar-refractivity contribution in [3.63, 3.8) is 0 Å². The highest BCUT2D eigenvalue weighted by atomic mass is 16.6. The number of carbonyl (C=O) groups excluding carboxylic acids is 3. The molecule has 0 aliphatic heterocycles. The molecular weight excluding hydrogens is 642 g/mol. The molecule has 0 N–H and O–H groups in total. The summed E-state index contributed by atoms with van der Waals surface area (Å²) in [5.41, 5.74) is 0. The second-order valence-corrected chi connectivity index (χ2v) is 14.9. The molecule has 296 valence electrons. The van der Waals surface area contributed by atoms with Gasteiger partial charge in [0.2, 0.25) is 0 Å². The minimum atomic E-state index is -1.13. The zero-order chi connectivity index (χ0) is 37.8. The van der Waals surface area contributed by atoms with E-state index >= 15 is 0 Å². The fourth-order valence-corrected chi connectivity index (χ4v) is 5.78. The largest absolute Gasteiger partial charge is 0.544 e. The van der Waals surface area contributed by atoms with Crippen LogP contribution in [0.5, 0.6) is 0 Å². The Bertz CT molecular complexity index is 937. The lowest BCUT2D eigenvalue weighted by Gasteiger charge is -2.34. The molecule has 0 aliphatic rings. The van der Waals surface area contributed by atoms with E-state index in [-0.39, 0.29) is 42.7 Å². The molecular formula is C43H77NO7. The molecule has 0 aromatic carbocycles. The fraction of sp³-hybridized carbons (Fsp3) is 0.791. The number of nitrogens with zero attached hydrogens (tertiary/aromatic N) is 1. The first kappa shape index (κ1) is 48.5. The number of rotatable bonds is 36. The molecule has 0 spiro atoms. The summed E-state index contributed by atoms with van der Waals surface area (Å²) >= 11 is 0. The van der Waals surface area contributed by atoms with Crippen LogP contribution in [0, 0.1) is 0 Å². The number of hydrogen-bond donors (Lipinski definition) is 0. The van der Waals surface area contributed by atoms with E-state index in [4.69, 9.17) is 14.2 Å². The van der Waals surface area contributed by atoms with Crippen molar-refractivity contribution in [1.82, 2.24) is 0 Å². The molecule has 2 unspecified atom stereocenters. The van der Waals surface area contributed by atoms with Gasteiger partial charge < -0.3 is 28.6 Å². The summed E-state index contributed by atoms with van der Waals surface area (Å²) in [6, 6.07) is -0.725. The number of hydrogen-bond acceptors (Lipinski definition) is 7. The summed E-state index contributed by atoms with van der Waals surface area (Å²) in [5.74, 6) is -1.76. The van der Waals surface area contributed by atoms with Crippen LogP contribution in [0.25, 0.3) is 0 Å². The quantitative estimate of drug-likeness (QED) is 0.0275. The number of quaternary nitrogens is 1. The van der Waals surface area contributed by atoms with E-state index in [0.717, 1.165) is 64.2 Å². The molecule has 0 aromatic rings. The van der Waals surface area contributed by atoms with Crippen LogP contribution in [0.1, 0.15) is 168 Å². The maximum absolute atomic E-state index is 12.7. The van der Waals surface area contributed by atoms with Gasteiger partial charge in [-0.05, 0) is 51.4 Å². The number of ether oxygens (including phenoxy) is 3. The third kappa shape index (κ3) is 33.2. The Kier molecular flexibility index (Phi) is 33.0. The Morgan fingerprint density at radius 1 is 0.588 bits per heavy atom. The van der Waals surface area contributed by atoms with Gasteiger partial charge in [0.1, 0.15) is 12.6 Å². The Morgan fingerprint density at radius 2 is 1.04 bits per heavy atom. The van der Waals surface area contributed by atoms with Crippen molar-refractivity contribution in [2.75, 3.05) is 41.0 Å². The highest BCUT2D eigenvalue weighted by molar-refractivity contribution is 5.70. The number of likely N-dealkylation sites (N-methyl/N-ethyl adjacent to an activating group) is 1. The summed E-state index contributed by atoms with van der Waals surface area (Å²) in [7, 11) is 5.39. The zero-order valence-corrected chi connectivity index (χ0v) is 33.5. The zero-order valence-electron chi connectivity index (χ0n) is 33.5. The molecule has 0 aromatic heterocycles. The molecule has 0 saturated carbocycles. The van der Waals surface area contributed by atoms with Gasteiger partial charge >= 0.3 is 11.9 Å². The SMILES string of the molecule is CCCCC/C=C\C/C=C\C/C=C\CCCCCCCCC(=O)OC(COCCC(C(=O)[O-])[N+](C)(C)C)COC(=O)CCCCCCCCCC. The summed E-state index contributed by atoms with van der Waals surface area (Å²) in [4.78, 5) is 36.6. The van der Waals surface area contributed by atoms with Gasteiger partial charge in [-0.15, -0.1) is 0 Å². The van der Waals surface area contributed by atoms with E-state index < -0.39 is 18.1 Å². The first-order valence-electron chi connectivity index (χ1n) is 20.5. The van der Waals surface area contributed by atoms with Gasteiger partial charge in [-0.3, -0.25) is 9.59 Å². The standard InChI is InChI=1S/C43H77NO7/c1-6-8-10-12-14-16-17-18-19-20-21-22-23-24-25-26-28-30-32-34-42(46)51-39(37-49-36-35-40(43(47)48)44(3,4)5)38-50-41(45)33-31-29-27-15-13-11-9-7-2/h14,16,18-19,21-22,39-40H,6-13,15,17,20,23-38H2,1-5H3/b16-14-,19-18-,22-21-. The topological polar surface area (TPSA) is 102 Å². The van der Waals surface area contributed by atoms with Crippen LogP contribution in [0.3, 0.4) is 0 Å². The predicted octanol–water partition coefficient (Wildman–Crippen LogP) is 9.35. The Morgan fingerprint density at radius 3 is 1.57 bits per heavy atom. The fourth-order valence-electron chi connectivity index (χ4n) is 5.78. The van der Waals surface area contributed by atoms with Crippen LogP contribution < -0.4 is 5.11 Å². The van der Waals surface area contributed by atoms with Gasteiger partial charge in [0.15, 0.2) is 6.10 Å². The Hall–Kier alpha value is -2.45. The lowest BCUT2D eigenvalue weighted by molar-refractivity contribution is -0.889. The highest BCUT2D eigenvalue weighted by Crippen LogP contribution is 2.13. The summed E-state index contributed by atoms with van der Waals surface area (Å²) in [6.45, 7) is 4.58. The normalized spacial score (nSPS) is 13.4. The van der Waals surface area contributed by atoms with Gasteiger partial charge in [0.05, 0.1) is 40.3 Å². The highest BCUT2D eigenvalue weighted by Gasteiger charge is 2.25. The van der Waals surface area contributed by atoms with Crippen molar-refractivity contribution in [3.05, 3.63) is 36.5 Å². The van der Waals surface area contributed by atoms with Crippen LogP contribution in [-0.2, 0) is 28.6 Å². The molecule has 0 heterocycles. The van der Waals surface area contributed by atoms with Crippen LogP contribution >= 0.6 is 0 Å². The monoisotopic (exact) mass is 720 g/mol. The first-order chi connectivity index (χ1) is 24.6. The van der Waals surface area contributed by atoms with Gasteiger partial charge in [0, 0.05) is 19.3 Å². The summed E-state index contributed by atoms with van der Waals surface area (Å²) in [6.07, 6.45) is 37.4. The van der Waals surface area contributed by atoms with E-state index in [2.05, 4.69) is 50.3 Å². The second kappa shape index (κ2) is 34.6. The van der Waals surface area contributed by atoms with Crippen molar-refractivity contribution < 1.29 is 38.2 Å². The lowest BCUT2D eigenvalue weighted by Crippen LogP contribution is -2.55. The minimum Gasteiger partial charge on any atom is -0.544 e. The first-order valence-corrected chi connectivity index (χ1v) is 20.5. The smallest absolute Gasteiger partial charge is 0.306 e. The minimum absolute atomic E-state index is 0.0367. The molecule has 0 rings (SSSR count). The van der Waals surface area contributed by atoms with Gasteiger partial charge in [-0.2, -0.15) is 0 Å². The van der Waals surface area contributed by atoms with Crippen molar-refractivity contribution >= 4 is 17.9 Å². The predicted molar refractivity (Wildman–Crippen MR) is 208 cm³/mol. The molecule has 8 nitrogen and oxygen atoms in total. The van der Waals surface area contributed by atoms with Crippen molar-refractivity contribution in [2.45, 2.75) is 180 Å². The lowest BCUT2D eigenvalue weighted by atomic mass is 10.1. The summed E-state index contributed by atoms with van der Waals surface area (Å²) in [5, 5.41) is 11.6. The van der Waals surface area contributed by atoms with E-state index in [1.165, 1.54) is 70.6 Å². The number of carboxylic acid groups (broad SMARTS) is 1. The Balaban J connectivity index is 4.34. The molecule has 0 aliphatic carbocycles. The average molecular weight is 720 g/mol. The molecule has 0 amide bonds. The van der Waals surface area contributed by atoms with Gasteiger partial charge in [-0.25, -0.2) is 0 Å². The summed E-state index contributed by atoms with van der Waals surface area (Å²) < 4.78 is 17.1. The van der Waals surface area contributed by atoms with Gasteiger partial charge in [0.25, 0.3) is 0 Å². The molecule has 0 saturated heterocycles. The van der Waals surface area contributed by atoms with E-state index in [1.54, 1.807) is 21.1 Å². The molecule has 0 radical (unpaired) electrons. The maximum Gasteiger partial charge on any atom is 0.306 e. The van der Waals surface area contributed by atoms with E-state index in [0.29, 0.717) is 12.8 Å². The molecule has 2 atom stereocenters. The van der Waals surface area contributed by atoms with E-state index in [9.17, 15) is 19.5 Å². The average Bonchev–Trinajstić information content (AvgIpc) is 3.08. The molecule has 51 heavy (non-hydrogen) atoms. The number of unbranched alkanes of at least 4 members (excludes halogenated alkanes) is 16. The van der Waals surface area contributed by atoms with Crippen molar-refractivity contribution in [3.8, 4) is 0 Å². The van der Waals surface area contributed by atoms with Crippen LogP contribution in [0.4, 0.5) is 0 Å². The van der Waals surface area contributed by atoms with E-state index in [1.807, 2.05) is 0 Å². The van der Waals surface area contributed by atoms with Crippen LogP contribution in [0.2, 0.25) is 0 Å². The van der Waals surface area contributed by atoms with Crippen LogP contribution in [0.15, 0.2) is 36.5 Å². The van der Waals surface area contributed by atoms with Gasteiger partial charge in [-0.1, -0.05) is 134 Å². The number of carboxylic acids is 1. The second-order valence-electron chi connectivity index (χ2n) is 14.9. The number of allylic oxidation sites excluding steroid dienone is 6. The van der Waals surface area contributed by atoms with Crippen molar-refractivity contribution in [1.29, 1.82) is 0 Å². The molecule has 8 heteroatoms. The third-order valence-corrected chi connectivity index (χ3v) is 9.03. The number of aliphatic carboxylic acids is 1.